The number of piperazine rings is 1. The van der Waals surface area contributed by atoms with E-state index in [4.69, 9.17) is 4.74 Å². The average Bonchev–Trinajstić information content (AvgIpc) is 3.71. The molecule has 0 radical (unpaired) electrons. The summed E-state index contributed by atoms with van der Waals surface area (Å²) in [6.07, 6.45) is 12.5. The number of fused-ring (bicyclic) bond motifs is 2. The van der Waals surface area contributed by atoms with Crippen LogP contribution in [0.25, 0.3) is 17.0 Å². The summed E-state index contributed by atoms with van der Waals surface area (Å²) in [6, 6.07) is 2.21. The van der Waals surface area contributed by atoms with Gasteiger partial charge in [-0.25, -0.2) is 23.1 Å². The van der Waals surface area contributed by atoms with Crippen LogP contribution in [0.15, 0.2) is 24.3 Å². The molecule has 3 saturated heterocycles. The summed E-state index contributed by atoms with van der Waals surface area (Å²) >= 11 is 0. The number of pyridine rings is 1. The van der Waals surface area contributed by atoms with Gasteiger partial charge in [0.1, 0.15) is 23.3 Å². The molecule has 3 aromatic heterocycles. The smallest absolute Gasteiger partial charge is 0.318 e. The SMILES string of the molecule is C#CC.CC.CCC(C)c1nccc(/C=C(/F)C(=O)N2CCN(c3nc(OC)nc4c(F)c(C)ncc34)CC2)n1.FC1CC2CCCN2C1. The van der Waals surface area contributed by atoms with Crippen LogP contribution in [0.3, 0.4) is 0 Å². The number of terminal acetylenes is 1. The lowest BCUT2D eigenvalue weighted by molar-refractivity contribution is -0.128. The maximum atomic E-state index is 14.8. The van der Waals surface area contributed by atoms with E-state index in [-0.39, 0.29) is 36.2 Å². The van der Waals surface area contributed by atoms with E-state index in [2.05, 4.69) is 42.2 Å². The van der Waals surface area contributed by atoms with Gasteiger partial charge in [0.05, 0.1) is 23.9 Å². The number of rotatable bonds is 6. The van der Waals surface area contributed by atoms with Crippen LogP contribution in [0.4, 0.5) is 19.0 Å². The second kappa shape index (κ2) is 19.0. The van der Waals surface area contributed by atoms with Gasteiger partial charge in [-0.05, 0) is 52.1 Å². The molecule has 6 rings (SSSR count). The molecule has 3 aliphatic heterocycles. The second-order valence-electron chi connectivity index (χ2n) is 11.8. The fraction of sp³-hybridized carbons (Fsp3) is 0.556. The molecule has 0 bridgehead atoms. The Labute approximate surface area is 288 Å². The van der Waals surface area contributed by atoms with Gasteiger partial charge in [0, 0.05) is 63.2 Å². The molecular weight excluding hydrogens is 633 g/mol. The first kappa shape index (κ1) is 39.1. The Hall–Kier alpha value is -4.31. The molecule has 3 aliphatic rings. The lowest BCUT2D eigenvalue weighted by Crippen LogP contribution is -2.49. The molecule has 0 N–H and O–H groups in total. The van der Waals surface area contributed by atoms with Gasteiger partial charge in [-0.3, -0.25) is 14.7 Å². The van der Waals surface area contributed by atoms with Crippen molar-refractivity contribution < 1.29 is 22.7 Å². The van der Waals surface area contributed by atoms with Crippen LogP contribution in [0.5, 0.6) is 6.01 Å². The highest BCUT2D eigenvalue weighted by atomic mass is 19.1. The Morgan fingerprint density at radius 3 is 2.49 bits per heavy atom. The van der Waals surface area contributed by atoms with Crippen LogP contribution >= 0.6 is 0 Å². The molecule has 10 nitrogen and oxygen atoms in total. The van der Waals surface area contributed by atoms with Gasteiger partial charge in [0.15, 0.2) is 11.6 Å². The van der Waals surface area contributed by atoms with Gasteiger partial charge in [0.25, 0.3) is 5.91 Å². The molecule has 266 valence electrons. The van der Waals surface area contributed by atoms with Crippen LogP contribution in [0.1, 0.15) is 83.4 Å². The topological polar surface area (TPSA) is 100 Å². The third kappa shape index (κ3) is 10.1. The van der Waals surface area contributed by atoms with Gasteiger partial charge in [0.2, 0.25) is 0 Å². The number of aromatic nitrogens is 5. The van der Waals surface area contributed by atoms with Crippen molar-refractivity contribution in [1.29, 1.82) is 0 Å². The number of halogens is 3. The number of ether oxygens (including phenoxy) is 1. The van der Waals surface area contributed by atoms with Crippen molar-refractivity contribution in [3.8, 4) is 18.4 Å². The second-order valence-corrected chi connectivity index (χ2v) is 11.8. The summed E-state index contributed by atoms with van der Waals surface area (Å²) in [4.78, 5) is 39.5. The summed E-state index contributed by atoms with van der Waals surface area (Å²) in [6.45, 7) is 14.3. The molecule has 3 atom stereocenters. The first-order valence-corrected chi connectivity index (χ1v) is 17.0. The first-order valence-electron chi connectivity index (χ1n) is 17.0. The standard InChI is InChI=1S/C24H27F2N7O2.C7H12FN.C3H4.C2H6/c1-5-14(2)21-27-7-6-16(29-21)12-18(25)23(34)33-10-8-32(9-11-33)22-17-13-28-15(3)19(26)20(17)30-24(31-22)35-4;8-6-4-7-2-1-3-9(7)5-6;1-3-2;1-2/h6-7,12-14H,5,8-11H2,1-4H3;6-7H,1-5H2;1H,2H3;1-2H3/b18-12+;;;. The number of amides is 1. The fourth-order valence-electron chi connectivity index (χ4n) is 5.82. The number of aryl methyl sites for hydroxylation is 1. The Morgan fingerprint density at radius 2 is 1.86 bits per heavy atom. The molecule has 1 amide bonds. The monoisotopic (exact) mass is 682 g/mol. The normalized spacial score (nSPS) is 19.3. The van der Waals surface area contributed by atoms with Crippen LogP contribution in [0.2, 0.25) is 0 Å². The summed E-state index contributed by atoms with van der Waals surface area (Å²) < 4.78 is 47.2. The Morgan fingerprint density at radius 1 is 1.16 bits per heavy atom. The quantitative estimate of drug-likeness (QED) is 0.219. The van der Waals surface area contributed by atoms with Crippen LogP contribution in [0, 0.1) is 25.1 Å². The van der Waals surface area contributed by atoms with Gasteiger partial charge >= 0.3 is 6.01 Å². The highest BCUT2D eigenvalue weighted by molar-refractivity contribution is 5.95. The minimum atomic E-state index is -0.886. The number of alkyl halides is 1. The minimum Gasteiger partial charge on any atom is -0.467 e. The lowest BCUT2D eigenvalue weighted by Gasteiger charge is -2.35. The maximum absolute atomic E-state index is 14.8. The first-order chi connectivity index (χ1) is 23.6. The highest BCUT2D eigenvalue weighted by Crippen LogP contribution is 2.30. The van der Waals surface area contributed by atoms with Crippen molar-refractivity contribution in [1.82, 2.24) is 34.7 Å². The molecule has 3 fully saturated rings. The molecule has 13 heteroatoms. The number of anilines is 1. The fourth-order valence-corrected chi connectivity index (χ4v) is 5.82. The average molecular weight is 683 g/mol. The number of nitrogens with zero attached hydrogens (tertiary/aromatic N) is 8. The van der Waals surface area contributed by atoms with E-state index >= 15 is 0 Å². The van der Waals surface area contributed by atoms with E-state index in [0.29, 0.717) is 48.4 Å². The Kier molecular flexibility index (Phi) is 15.2. The van der Waals surface area contributed by atoms with E-state index in [9.17, 15) is 18.0 Å². The van der Waals surface area contributed by atoms with Crippen LogP contribution in [-0.2, 0) is 4.79 Å². The summed E-state index contributed by atoms with van der Waals surface area (Å²) in [5.74, 6) is 1.33. The lowest BCUT2D eigenvalue weighted by atomic mass is 10.1. The van der Waals surface area contributed by atoms with E-state index < -0.39 is 23.7 Å². The molecule has 49 heavy (non-hydrogen) atoms. The zero-order valence-electron chi connectivity index (χ0n) is 29.7. The van der Waals surface area contributed by atoms with Crippen molar-refractivity contribution in [2.24, 2.45) is 0 Å². The van der Waals surface area contributed by atoms with Gasteiger partial charge in [-0.2, -0.15) is 9.97 Å². The predicted molar refractivity (Wildman–Crippen MR) is 187 cm³/mol. The van der Waals surface area contributed by atoms with Crippen LogP contribution in [-0.4, -0.2) is 99.2 Å². The molecule has 0 aromatic carbocycles. The van der Waals surface area contributed by atoms with E-state index in [1.54, 1.807) is 26.1 Å². The molecule has 0 spiro atoms. The molecular formula is C36H49F3N8O2. The highest BCUT2D eigenvalue weighted by Gasteiger charge is 2.34. The largest absolute Gasteiger partial charge is 0.467 e. The van der Waals surface area contributed by atoms with Gasteiger partial charge in [-0.15, -0.1) is 12.3 Å². The zero-order chi connectivity index (χ0) is 36.1. The minimum absolute atomic E-state index is 0.0334. The third-order valence-corrected chi connectivity index (χ3v) is 8.55. The molecule has 0 aliphatic carbocycles. The Bertz CT molecular complexity index is 1600. The van der Waals surface area contributed by atoms with Gasteiger partial charge < -0.3 is 14.5 Å². The number of hydrogen-bond donors (Lipinski definition) is 0. The van der Waals surface area contributed by atoms with E-state index in [0.717, 1.165) is 25.5 Å². The van der Waals surface area contributed by atoms with Crippen molar-refractivity contribution in [2.45, 2.75) is 85.4 Å². The predicted octanol–water partition coefficient (Wildman–Crippen LogP) is 6.30. The summed E-state index contributed by atoms with van der Waals surface area (Å²) in [7, 11) is 1.41. The van der Waals surface area contributed by atoms with E-state index in [1.807, 2.05) is 32.6 Å². The van der Waals surface area contributed by atoms with Crippen molar-refractivity contribution >= 4 is 28.7 Å². The van der Waals surface area contributed by atoms with Crippen molar-refractivity contribution in [3.05, 3.63) is 47.3 Å². The van der Waals surface area contributed by atoms with Crippen molar-refractivity contribution in [3.63, 3.8) is 0 Å². The summed E-state index contributed by atoms with van der Waals surface area (Å²) in [5.41, 5.74) is 0.694. The maximum Gasteiger partial charge on any atom is 0.318 e. The zero-order valence-corrected chi connectivity index (χ0v) is 29.7. The van der Waals surface area contributed by atoms with Gasteiger partial charge in [-0.1, -0.05) is 27.7 Å². The summed E-state index contributed by atoms with van der Waals surface area (Å²) in [5, 5.41) is 0.445. The Balaban J connectivity index is 0.000000386. The number of methoxy groups -OCH3 is 1. The molecule has 3 unspecified atom stereocenters. The molecule has 0 saturated carbocycles. The van der Waals surface area contributed by atoms with E-state index in [1.165, 1.54) is 31.0 Å². The number of carbonyl (C=O) groups is 1. The molecule has 6 heterocycles. The number of carbonyl (C=O) groups excluding carboxylic acids is 1. The van der Waals surface area contributed by atoms with Crippen LogP contribution < -0.4 is 9.64 Å². The molecule has 3 aromatic rings. The van der Waals surface area contributed by atoms with Crippen molar-refractivity contribution in [2.75, 3.05) is 51.3 Å². The number of hydrogen-bond acceptors (Lipinski definition) is 9. The third-order valence-electron chi connectivity index (χ3n) is 8.55.